The van der Waals surface area contributed by atoms with Crippen LogP contribution in [0.5, 0.6) is 0 Å². The van der Waals surface area contributed by atoms with E-state index in [1.807, 2.05) is 40.0 Å². The average Bonchev–Trinajstić information content (AvgIpc) is 2.55. The summed E-state index contributed by atoms with van der Waals surface area (Å²) in [5, 5.41) is 13.3. The highest BCUT2D eigenvalue weighted by Gasteiger charge is 2.18. The van der Waals surface area contributed by atoms with Crippen molar-refractivity contribution in [3.63, 3.8) is 0 Å². The molecular weight excluding hydrogens is 240 g/mol. The Morgan fingerprint density at radius 1 is 1.32 bits per heavy atom. The first-order valence-corrected chi connectivity index (χ1v) is 6.22. The van der Waals surface area contributed by atoms with Gasteiger partial charge in [0.05, 0.1) is 12.1 Å². The monoisotopic (exact) mass is 258 g/mol. The number of aryl methyl sites for hydroxylation is 3. The molecule has 0 atom stereocenters. The van der Waals surface area contributed by atoms with E-state index in [-0.39, 0.29) is 6.42 Å². The van der Waals surface area contributed by atoms with Crippen molar-refractivity contribution in [1.82, 2.24) is 9.78 Å². The molecule has 0 spiro atoms. The molecule has 19 heavy (non-hydrogen) atoms. The molecule has 0 aliphatic carbocycles. The Labute approximate surface area is 112 Å². The van der Waals surface area contributed by atoms with Crippen molar-refractivity contribution in [3.8, 4) is 11.1 Å². The summed E-state index contributed by atoms with van der Waals surface area (Å²) in [7, 11) is 1.84. The van der Waals surface area contributed by atoms with Gasteiger partial charge < -0.3 is 5.11 Å². The van der Waals surface area contributed by atoms with Crippen molar-refractivity contribution < 1.29 is 9.90 Å². The van der Waals surface area contributed by atoms with Crippen LogP contribution in [0.1, 0.15) is 22.5 Å². The van der Waals surface area contributed by atoms with Crippen molar-refractivity contribution in [2.24, 2.45) is 7.05 Å². The molecule has 2 rings (SSSR count). The molecule has 4 heteroatoms. The van der Waals surface area contributed by atoms with Gasteiger partial charge in [0.2, 0.25) is 0 Å². The number of aromatic nitrogens is 2. The number of carbonyl (C=O) groups is 1. The molecule has 0 aliphatic rings. The maximum Gasteiger partial charge on any atom is 0.309 e. The van der Waals surface area contributed by atoms with Gasteiger partial charge in [-0.25, -0.2) is 0 Å². The Morgan fingerprint density at radius 2 is 2.00 bits per heavy atom. The molecular formula is C15H18N2O2. The topological polar surface area (TPSA) is 55.1 Å². The van der Waals surface area contributed by atoms with Gasteiger partial charge in [-0.15, -0.1) is 0 Å². The SMILES string of the molecule is Cc1ccc(-c2c(CC(=O)O)nn(C)c2C)c(C)c1. The van der Waals surface area contributed by atoms with E-state index in [1.54, 1.807) is 4.68 Å². The maximum absolute atomic E-state index is 11.0. The van der Waals surface area contributed by atoms with E-state index in [0.717, 1.165) is 22.4 Å². The number of carboxylic acid groups (broad SMARTS) is 1. The van der Waals surface area contributed by atoms with Gasteiger partial charge in [-0.1, -0.05) is 23.8 Å². The fourth-order valence-corrected chi connectivity index (χ4v) is 2.39. The normalized spacial score (nSPS) is 10.7. The molecule has 0 bridgehead atoms. The van der Waals surface area contributed by atoms with E-state index < -0.39 is 5.97 Å². The standard InChI is InChI=1S/C15H18N2O2/c1-9-5-6-12(10(2)7-9)15-11(3)17(4)16-13(15)8-14(18)19/h5-7H,8H2,1-4H3,(H,18,19). The van der Waals surface area contributed by atoms with Crippen molar-refractivity contribution in [2.75, 3.05) is 0 Å². The third-order valence-electron chi connectivity index (χ3n) is 3.38. The van der Waals surface area contributed by atoms with Crippen LogP contribution in [-0.4, -0.2) is 20.9 Å². The number of carboxylic acids is 1. The Hall–Kier alpha value is -2.10. The highest BCUT2D eigenvalue weighted by molar-refractivity contribution is 5.78. The van der Waals surface area contributed by atoms with Gasteiger partial charge in [0.25, 0.3) is 0 Å². The molecule has 0 saturated carbocycles. The van der Waals surface area contributed by atoms with Crippen LogP contribution in [-0.2, 0) is 18.3 Å². The van der Waals surface area contributed by atoms with E-state index >= 15 is 0 Å². The molecule has 0 amide bonds. The highest BCUT2D eigenvalue weighted by atomic mass is 16.4. The molecule has 1 aromatic carbocycles. The molecule has 0 fully saturated rings. The second kappa shape index (κ2) is 4.88. The summed E-state index contributed by atoms with van der Waals surface area (Å²) in [6.07, 6.45) is -0.0513. The van der Waals surface area contributed by atoms with Crippen molar-refractivity contribution in [2.45, 2.75) is 27.2 Å². The molecule has 1 aromatic heterocycles. The summed E-state index contributed by atoms with van der Waals surface area (Å²) in [6, 6.07) is 6.19. The van der Waals surface area contributed by atoms with Crippen molar-refractivity contribution in [3.05, 3.63) is 40.7 Å². The number of nitrogens with zero attached hydrogens (tertiary/aromatic N) is 2. The van der Waals surface area contributed by atoms with Crippen LogP contribution >= 0.6 is 0 Å². The first-order chi connectivity index (χ1) is 8.90. The second-order valence-corrected chi connectivity index (χ2v) is 4.92. The van der Waals surface area contributed by atoms with Gasteiger partial charge in [0.15, 0.2) is 0 Å². The first-order valence-electron chi connectivity index (χ1n) is 6.22. The van der Waals surface area contributed by atoms with Crippen LogP contribution in [0.15, 0.2) is 18.2 Å². The number of hydrogen-bond donors (Lipinski definition) is 1. The predicted octanol–water partition coefficient (Wildman–Crippen LogP) is 2.64. The smallest absolute Gasteiger partial charge is 0.309 e. The van der Waals surface area contributed by atoms with E-state index in [1.165, 1.54) is 5.56 Å². The van der Waals surface area contributed by atoms with Gasteiger partial charge in [-0.05, 0) is 31.9 Å². The molecule has 0 aliphatic heterocycles. The lowest BCUT2D eigenvalue weighted by Gasteiger charge is -2.08. The molecule has 1 N–H and O–H groups in total. The Kier molecular flexibility index (Phi) is 3.42. The zero-order chi connectivity index (χ0) is 14.2. The lowest BCUT2D eigenvalue weighted by Crippen LogP contribution is -2.03. The van der Waals surface area contributed by atoms with Gasteiger partial charge in [-0.3, -0.25) is 9.48 Å². The average molecular weight is 258 g/mol. The zero-order valence-corrected chi connectivity index (χ0v) is 11.7. The number of benzene rings is 1. The zero-order valence-electron chi connectivity index (χ0n) is 11.7. The van der Waals surface area contributed by atoms with Crippen LogP contribution in [0.25, 0.3) is 11.1 Å². The summed E-state index contributed by atoms with van der Waals surface area (Å²) in [6.45, 7) is 6.05. The summed E-state index contributed by atoms with van der Waals surface area (Å²) >= 11 is 0. The van der Waals surface area contributed by atoms with Gasteiger partial charge >= 0.3 is 5.97 Å². The van der Waals surface area contributed by atoms with Crippen LogP contribution in [0.3, 0.4) is 0 Å². The van der Waals surface area contributed by atoms with Crippen LogP contribution in [0.4, 0.5) is 0 Å². The minimum Gasteiger partial charge on any atom is -0.481 e. The molecule has 1 heterocycles. The first kappa shape index (κ1) is 13.3. The van der Waals surface area contributed by atoms with Crippen LogP contribution < -0.4 is 0 Å². The second-order valence-electron chi connectivity index (χ2n) is 4.92. The van der Waals surface area contributed by atoms with Gasteiger partial charge in [0.1, 0.15) is 0 Å². The Bertz CT molecular complexity index is 642. The minimum absolute atomic E-state index is 0.0513. The largest absolute Gasteiger partial charge is 0.481 e. The fraction of sp³-hybridized carbons (Fsp3) is 0.333. The number of hydrogen-bond acceptors (Lipinski definition) is 2. The summed E-state index contributed by atoms with van der Waals surface area (Å²) in [5.74, 6) is -0.857. The molecule has 4 nitrogen and oxygen atoms in total. The van der Waals surface area contributed by atoms with E-state index in [2.05, 4.69) is 11.2 Å². The number of aliphatic carboxylic acids is 1. The summed E-state index contributed by atoms with van der Waals surface area (Å²) in [5.41, 5.74) is 5.96. The summed E-state index contributed by atoms with van der Waals surface area (Å²) in [4.78, 5) is 11.0. The molecule has 0 saturated heterocycles. The fourth-order valence-electron chi connectivity index (χ4n) is 2.39. The molecule has 0 radical (unpaired) electrons. The highest BCUT2D eigenvalue weighted by Crippen LogP contribution is 2.30. The number of rotatable bonds is 3. The third kappa shape index (κ3) is 2.52. The quantitative estimate of drug-likeness (QED) is 0.920. The molecule has 100 valence electrons. The minimum atomic E-state index is -0.857. The third-order valence-corrected chi connectivity index (χ3v) is 3.38. The van der Waals surface area contributed by atoms with Crippen LogP contribution in [0.2, 0.25) is 0 Å². The van der Waals surface area contributed by atoms with E-state index in [4.69, 9.17) is 5.11 Å². The lowest BCUT2D eigenvalue weighted by atomic mass is 9.96. The van der Waals surface area contributed by atoms with Gasteiger partial charge in [0, 0.05) is 18.3 Å². The van der Waals surface area contributed by atoms with E-state index in [0.29, 0.717) is 5.69 Å². The Morgan fingerprint density at radius 3 is 2.58 bits per heavy atom. The van der Waals surface area contributed by atoms with Gasteiger partial charge in [-0.2, -0.15) is 5.10 Å². The van der Waals surface area contributed by atoms with Crippen molar-refractivity contribution >= 4 is 5.97 Å². The van der Waals surface area contributed by atoms with Crippen LogP contribution in [0, 0.1) is 20.8 Å². The van der Waals surface area contributed by atoms with Crippen molar-refractivity contribution in [1.29, 1.82) is 0 Å². The maximum atomic E-state index is 11.0. The predicted molar refractivity (Wildman–Crippen MR) is 74.2 cm³/mol. The lowest BCUT2D eigenvalue weighted by molar-refractivity contribution is -0.136. The Balaban J connectivity index is 2.63. The summed E-state index contributed by atoms with van der Waals surface area (Å²) < 4.78 is 1.74. The molecule has 2 aromatic rings. The van der Waals surface area contributed by atoms with E-state index in [9.17, 15) is 4.79 Å². The molecule has 0 unspecified atom stereocenters.